The molecule has 2 aliphatic rings. The summed E-state index contributed by atoms with van der Waals surface area (Å²) in [5.41, 5.74) is 5.84. The van der Waals surface area contributed by atoms with Gasteiger partial charge in [-0.1, -0.05) is 18.2 Å². The Labute approximate surface area is 158 Å². The molecule has 3 nitrogen and oxygen atoms in total. The Morgan fingerprint density at radius 1 is 1.04 bits per heavy atom. The Morgan fingerprint density at radius 3 is 2.74 bits per heavy atom. The van der Waals surface area contributed by atoms with Crippen molar-refractivity contribution in [1.29, 1.82) is 0 Å². The Hall–Kier alpha value is -2.72. The summed E-state index contributed by atoms with van der Waals surface area (Å²) < 4.78 is 13.7. The summed E-state index contributed by atoms with van der Waals surface area (Å²) in [4.78, 5) is 6.71. The number of likely N-dealkylation sites (tertiary alicyclic amines) is 1. The molecule has 4 heteroatoms. The van der Waals surface area contributed by atoms with Gasteiger partial charge in [0.15, 0.2) is 0 Å². The van der Waals surface area contributed by atoms with Gasteiger partial charge < -0.3 is 5.32 Å². The molecule has 0 bridgehead atoms. The molecule has 0 unspecified atom stereocenters. The smallest absolute Gasteiger partial charge is 0.123 e. The van der Waals surface area contributed by atoms with Gasteiger partial charge in [-0.25, -0.2) is 4.39 Å². The van der Waals surface area contributed by atoms with E-state index in [0.717, 1.165) is 30.8 Å². The second-order valence-corrected chi connectivity index (χ2v) is 7.51. The van der Waals surface area contributed by atoms with Gasteiger partial charge in [-0.15, -0.1) is 0 Å². The molecule has 0 aliphatic carbocycles. The minimum atomic E-state index is -0.193. The average Bonchev–Trinajstić information content (AvgIpc) is 3.12. The molecule has 3 heterocycles. The Kier molecular flexibility index (Phi) is 4.13. The largest absolute Gasteiger partial charge is 0.384 e. The first kappa shape index (κ1) is 16.5. The molecule has 5 rings (SSSR count). The summed E-state index contributed by atoms with van der Waals surface area (Å²) in [6.07, 6.45) is 4.93. The third-order valence-electron chi connectivity index (χ3n) is 5.84. The summed E-state index contributed by atoms with van der Waals surface area (Å²) in [5.74, 6) is 0.420. The quantitative estimate of drug-likeness (QED) is 0.723. The summed E-state index contributed by atoms with van der Waals surface area (Å²) in [7, 11) is 0. The van der Waals surface area contributed by atoms with E-state index in [1.807, 2.05) is 18.5 Å². The van der Waals surface area contributed by atoms with E-state index >= 15 is 0 Å². The Bertz CT molecular complexity index is 957. The van der Waals surface area contributed by atoms with Crippen LogP contribution in [-0.4, -0.2) is 23.0 Å². The highest BCUT2D eigenvalue weighted by atomic mass is 19.1. The van der Waals surface area contributed by atoms with Crippen molar-refractivity contribution in [2.75, 3.05) is 18.4 Å². The van der Waals surface area contributed by atoms with E-state index in [-0.39, 0.29) is 5.82 Å². The molecule has 3 aromatic rings. The third kappa shape index (κ3) is 3.10. The van der Waals surface area contributed by atoms with Crippen LogP contribution in [0, 0.1) is 11.7 Å². The molecule has 2 aliphatic heterocycles. The molecule has 0 spiro atoms. The molecule has 136 valence electrons. The van der Waals surface area contributed by atoms with Crippen molar-refractivity contribution in [3.05, 3.63) is 83.9 Å². The fourth-order valence-electron chi connectivity index (χ4n) is 4.55. The molecule has 2 atom stereocenters. The van der Waals surface area contributed by atoms with Crippen molar-refractivity contribution in [3.63, 3.8) is 0 Å². The van der Waals surface area contributed by atoms with Gasteiger partial charge in [-0.2, -0.15) is 0 Å². The number of rotatable bonds is 3. The summed E-state index contributed by atoms with van der Waals surface area (Å²) in [6.45, 7) is 3.06. The minimum Gasteiger partial charge on any atom is -0.384 e. The van der Waals surface area contributed by atoms with Crippen LogP contribution in [0.5, 0.6) is 0 Å². The van der Waals surface area contributed by atoms with Crippen molar-refractivity contribution in [3.8, 4) is 11.1 Å². The van der Waals surface area contributed by atoms with Crippen LogP contribution in [0.15, 0.2) is 67.0 Å². The SMILES string of the molecule is Fc1cccc(-c2ccc3c(c2)[C@@H]2[C@@H](CCN2Cc2ccncc2)CN3)c1. The van der Waals surface area contributed by atoms with Crippen LogP contribution in [0.1, 0.15) is 23.6 Å². The predicted molar refractivity (Wildman–Crippen MR) is 106 cm³/mol. The van der Waals surface area contributed by atoms with Gasteiger partial charge in [0.05, 0.1) is 0 Å². The zero-order chi connectivity index (χ0) is 18.2. The molecular formula is C23H22FN3. The number of aromatic nitrogens is 1. The number of nitrogens with zero attached hydrogens (tertiary/aromatic N) is 2. The maximum Gasteiger partial charge on any atom is 0.123 e. The van der Waals surface area contributed by atoms with Gasteiger partial charge in [0, 0.05) is 37.2 Å². The Morgan fingerprint density at radius 2 is 1.89 bits per heavy atom. The second-order valence-electron chi connectivity index (χ2n) is 7.51. The summed E-state index contributed by atoms with van der Waals surface area (Å²) >= 11 is 0. The topological polar surface area (TPSA) is 28.2 Å². The number of halogens is 1. The van der Waals surface area contributed by atoms with Crippen LogP contribution in [-0.2, 0) is 6.54 Å². The number of benzene rings is 2. The number of nitrogens with one attached hydrogen (secondary N) is 1. The normalized spacial score (nSPS) is 21.4. The van der Waals surface area contributed by atoms with Crippen LogP contribution in [0.3, 0.4) is 0 Å². The lowest BCUT2D eigenvalue weighted by molar-refractivity contribution is 0.220. The second kappa shape index (κ2) is 6.78. The van der Waals surface area contributed by atoms with E-state index < -0.39 is 0 Å². The van der Waals surface area contributed by atoms with Gasteiger partial charge in [-0.3, -0.25) is 9.88 Å². The number of hydrogen-bond acceptors (Lipinski definition) is 3. The van der Waals surface area contributed by atoms with Gasteiger partial charge >= 0.3 is 0 Å². The maximum atomic E-state index is 13.7. The molecule has 0 saturated carbocycles. The molecule has 0 amide bonds. The fourth-order valence-corrected chi connectivity index (χ4v) is 4.55. The van der Waals surface area contributed by atoms with E-state index in [4.69, 9.17) is 0 Å². The highest BCUT2D eigenvalue weighted by Crippen LogP contribution is 2.45. The first-order chi connectivity index (χ1) is 13.3. The number of fused-ring (bicyclic) bond motifs is 3. The zero-order valence-electron chi connectivity index (χ0n) is 15.1. The van der Waals surface area contributed by atoms with E-state index in [9.17, 15) is 4.39 Å². The lowest BCUT2D eigenvalue weighted by Gasteiger charge is -2.35. The van der Waals surface area contributed by atoms with Crippen LogP contribution >= 0.6 is 0 Å². The van der Waals surface area contributed by atoms with Crippen molar-refractivity contribution in [2.45, 2.75) is 19.0 Å². The van der Waals surface area contributed by atoms with Crippen molar-refractivity contribution in [2.24, 2.45) is 5.92 Å². The van der Waals surface area contributed by atoms with Crippen molar-refractivity contribution in [1.82, 2.24) is 9.88 Å². The third-order valence-corrected chi connectivity index (χ3v) is 5.84. The molecule has 1 aromatic heterocycles. The lowest BCUT2D eigenvalue weighted by Crippen LogP contribution is -2.32. The van der Waals surface area contributed by atoms with Gasteiger partial charge in [0.2, 0.25) is 0 Å². The molecule has 1 fully saturated rings. The molecule has 27 heavy (non-hydrogen) atoms. The Balaban J connectivity index is 1.51. The highest BCUT2D eigenvalue weighted by Gasteiger charge is 2.38. The van der Waals surface area contributed by atoms with Crippen LogP contribution in [0.4, 0.5) is 10.1 Å². The molecular weight excluding hydrogens is 337 g/mol. The molecule has 0 radical (unpaired) electrons. The maximum absolute atomic E-state index is 13.7. The van der Waals surface area contributed by atoms with E-state index in [0.29, 0.717) is 12.0 Å². The summed E-state index contributed by atoms with van der Waals surface area (Å²) in [5, 5.41) is 3.60. The first-order valence-electron chi connectivity index (χ1n) is 9.55. The van der Waals surface area contributed by atoms with Crippen molar-refractivity contribution < 1.29 is 4.39 Å². The van der Waals surface area contributed by atoms with Gasteiger partial charge in [-0.05, 0) is 77.5 Å². The molecule has 2 aromatic carbocycles. The minimum absolute atomic E-state index is 0.193. The van der Waals surface area contributed by atoms with E-state index in [1.165, 1.54) is 29.3 Å². The fraction of sp³-hybridized carbons (Fsp3) is 0.261. The number of hydrogen-bond donors (Lipinski definition) is 1. The van der Waals surface area contributed by atoms with E-state index in [2.05, 4.69) is 45.5 Å². The number of anilines is 1. The number of pyridine rings is 1. The standard InChI is InChI=1S/C23H22FN3/c24-20-3-1-2-17(12-20)18-4-5-22-21(13-18)23-19(14-26-22)8-11-27(23)15-16-6-9-25-10-7-16/h1-7,9-10,12-13,19,23,26H,8,11,14-15H2/t19-,23-/m0/s1. The van der Waals surface area contributed by atoms with Crippen LogP contribution in [0.25, 0.3) is 11.1 Å². The lowest BCUT2D eigenvalue weighted by atomic mass is 9.87. The monoisotopic (exact) mass is 359 g/mol. The average molecular weight is 359 g/mol. The molecule has 1 N–H and O–H groups in total. The van der Waals surface area contributed by atoms with Crippen LogP contribution in [0.2, 0.25) is 0 Å². The van der Waals surface area contributed by atoms with Crippen molar-refractivity contribution >= 4 is 5.69 Å². The highest BCUT2D eigenvalue weighted by molar-refractivity contribution is 5.70. The van der Waals surface area contributed by atoms with Gasteiger partial charge in [0.1, 0.15) is 5.82 Å². The first-order valence-corrected chi connectivity index (χ1v) is 9.55. The zero-order valence-corrected chi connectivity index (χ0v) is 15.1. The molecule has 1 saturated heterocycles. The predicted octanol–water partition coefficient (Wildman–Crippen LogP) is 4.88. The van der Waals surface area contributed by atoms with E-state index in [1.54, 1.807) is 12.1 Å². The van der Waals surface area contributed by atoms with Crippen LogP contribution < -0.4 is 5.32 Å². The summed E-state index contributed by atoms with van der Waals surface area (Å²) in [6, 6.07) is 17.9. The van der Waals surface area contributed by atoms with Gasteiger partial charge in [0.25, 0.3) is 0 Å².